The molecule has 1 aliphatic rings. The van der Waals surface area contributed by atoms with Crippen molar-refractivity contribution in [1.29, 1.82) is 0 Å². The van der Waals surface area contributed by atoms with Crippen LogP contribution in [-0.4, -0.2) is 42.3 Å². The second-order valence-electron chi connectivity index (χ2n) is 6.92. The van der Waals surface area contributed by atoms with Crippen molar-refractivity contribution in [3.63, 3.8) is 0 Å². The van der Waals surface area contributed by atoms with Gasteiger partial charge in [-0.2, -0.15) is 0 Å². The van der Waals surface area contributed by atoms with Crippen LogP contribution in [0.5, 0.6) is 0 Å². The number of aliphatic hydroxyl groups excluding tert-OH is 1. The molecule has 1 aromatic rings. The fourth-order valence-corrected chi connectivity index (χ4v) is 3.59. The minimum Gasteiger partial charge on any atom is -0.396 e. The van der Waals surface area contributed by atoms with Gasteiger partial charge in [0.1, 0.15) is 0 Å². The molecule has 0 aliphatic heterocycles. The standard InChI is InChI=1S/C20H32N2O2/c1-22(19-12-8-3-2-4-9-13-19)20(24)21-16-18(14-15-23)17-10-6-5-7-11-17/h5-7,10-11,18-19,23H,2-4,8-9,12-16H2,1H3,(H,21,24). The molecule has 0 heterocycles. The molecule has 0 bridgehead atoms. The molecule has 1 fully saturated rings. The van der Waals surface area contributed by atoms with Crippen LogP contribution in [0.25, 0.3) is 0 Å². The van der Waals surface area contributed by atoms with Crippen molar-refractivity contribution in [2.24, 2.45) is 0 Å². The maximum Gasteiger partial charge on any atom is 0.317 e. The first-order chi connectivity index (χ1) is 11.7. The normalized spacial score (nSPS) is 17.6. The largest absolute Gasteiger partial charge is 0.396 e. The summed E-state index contributed by atoms with van der Waals surface area (Å²) in [5, 5.41) is 12.4. The molecule has 2 rings (SSSR count). The van der Waals surface area contributed by atoms with E-state index in [1.807, 2.05) is 30.1 Å². The van der Waals surface area contributed by atoms with Gasteiger partial charge in [0, 0.05) is 32.2 Å². The predicted molar refractivity (Wildman–Crippen MR) is 98.2 cm³/mol. The molecule has 1 atom stereocenters. The van der Waals surface area contributed by atoms with Gasteiger partial charge in [-0.25, -0.2) is 4.79 Å². The van der Waals surface area contributed by atoms with Crippen molar-refractivity contribution in [3.8, 4) is 0 Å². The highest BCUT2D eigenvalue weighted by atomic mass is 16.3. The third-order valence-electron chi connectivity index (χ3n) is 5.19. The Balaban J connectivity index is 1.87. The maximum absolute atomic E-state index is 12.5. The van der Waals surface area contributed by atoms with Crippen LogP contribution in [0.15, 0.2) is 30.3 Å². The van der Waals surface area contributed by atoms with E-state index in [2.05, 4.69) is 17.4 Å². The van der Waals surface area contributed by atoms with E-state index < -0.39 is 0 Å². The average Bonchev–Trinajstić information content (AvgIpc) is 2.58. The highest BCUT2D eigenvalue weighted by molar-refractivity contribution is 5.74. The van der Waals surface area contributed by atoms with Crippen LogP contribution in [0.2, 0.25) is 0 Å². The van der Waals surface area contributed by atoms with Gasteiger partial charge in [0.25, 0.3) is 0 Å². The third-order valence-corrected chi connectivity index (χ3v) is 5.19. The Kier molecular flexibility index (Phi) is 8.10. The van der Waals surface area contributed by atoms with Crippen molar-refractivity contribution in [2.75, 3.05) is 20.2 Å². The van der Waals surface area contributed by atoms with Crippen molar-refractivity contribution in [1.82, 2.24) is 10.2 Å². The number of nitrogens with zero attached hydrogens (tertiary/aromatic N) is 1. The molecule has 24 heavy (non-hydrogen) atoms. The zero-order valence-corrected chi connectivity index (χ0v) is 14.9. The maximum atomic E-state index is 12.5. The molecule has 4 heteroatoms. The quantitative estimate of drug-likeness (QED) is 0.830. The summed E-state index contributed by atoms with van der Waals surface area (Å²) < 4.78 is 0. The van der Waals surface area contributed by atoms with Gasteiger partial charge in [-0.3, -0.25) is 0 Å². The number of carbonyl (C=O) groups excluding carboxylic acids is 1. The molecule has 2 N–H and O–H groups in total. The first-order valence-corrected chi connectivity index (χ1v) is 9.39. The van der Waals surface area contributed by atoms with Crippen molar-refractivity contribution < 1.29 is 9.90 Å². The van der Waals surface area contributed by atoms with E-state index in [4.69, 9.17) is 0 Å². The van der Waals surface area contributed by atoms with E-state index in [1.165, 1.54) is 37.7 Å². The van der Waals surface area contributed by atoms with Crippen molar-refractivity contribution in [2.45, 2.75) is 63.3 Å². The predicted octanol–water partition coefficient (Wildman–Crippen LogP) is 3.91. The summed E-state index contributed by atoms with van der Waals surface area (Å²) in [7, 11) is 1.92. The summed E-state index contributed by atoms with van der Waals surface area (Å²) in [6.07, 6.45) is 9.25. The summed E-state index contributed by atoms with van der Waals surface area (Å²) >= 11 is 0. The summed E-state index contributed by atoms with van der Waals surface area (Å²) in [4.78, 5) is 14.4. The van der Waals surface area contributed by atoms with Crippen molar-refractivity contribution >= 4 is 6.03 Å². The lowest BCUT2D eigenvalue weighted by Gasteiger charge is -2.30. The zero-order chi connectivity index (χ0) is 17.2. The SMILES string of the molecule is CN(C(=O)NCC(CCO)c1ccccc1)C1CCCCCCC1. The third kappa shape index (κ3) is 5.82. The summed E-state index contributed by atoms with van der Waals surface area (Å²) in [6.45, 7) is 0.703. The highest BCUT2D eigenvalue weighted by Gasteiger charge is 2.21. The monoisotopic (exact) mass is 332 g/mol. The number of rotatable bonds is 6. The Bertz CT molecular complexity index is 470. The Morgan fingerprint density at radius 2 is 1.79 bits per heavy atom. The lowest BCUT2D eigenvalue weighted by molar-refractivity contribution is 0.177. The molecular weight excluding hydrogens is 300 g/mol. The van der Waals surface area contributed by atoms with E-state index in [1.54, 1.807) is 0 Å². The minimum absolute atomic E-state index is 0.0134. The lowest BCUT2D eigenvalue weighted by atomic mass is 9.95. The lowest BCUT2D eigenvalue weighted by Crippen LogP contribution is -2.45. The topological polar surface area (TPSA) is 52.6 Å². The fraction of sp³-hybridized carbons (Fsp3) is 0.650. The molecule has 0 radical (unpaired) electrons. The van der Waals surface area contributed by atoms with Crippen LogP contribution in [0, 0.1) is 0 Å². The second kappa shape index (κ2) is 10.3. The van der Waals surface area contributed by atoms with Crippen LogP contribution in [0.4, 0.5) is 4.79 Å². The second-order valence-corrected chi connectivity index (χ2v) is 6.92. The molecule has 0 saturated heterocycles. The van der Waals surface area contributed by atoms with Gasteiger partial charge >= 0.3 is 6.03 Å². The van der Waals surface area contributed by atoms with Crippen LogP contribution >= 0.6 is 0 Å². The molecule has 0 aromatic heterocycles. The Hall–Kier alpha value is -1.55. The van der Waals surface area contributed by atoms with Gasteiger partial charge < -0.3 is 15.3 Å². The summed E-state index contributed by atoms with van der Waals surface area (Å²) in [5.74, 6) is 0.158. The van der Waals surface area contributed by atoms with E-state index in [0.29, 0.717) is 19.0 Å². The van der Waals surface area contributed by atoms with Crippen LogP contribution in [0.3, 0.4) is 0 Å². The molecule has 134 valence electrons. The van der Waals surface area contributed by atoms with Crippen molar-refractivity contribution in [3.05, 3.63) is 35.9 Å². The number of aliphatic hydroxyl groups is 1. The van der Waals surface area contributed by atoms with Gasteiger partial charge in [0.15, 0.2) is 0 Å². The number of amides is 2. The molecule has 2 amide bonds. The number of nitrogens with one attached hydrogen (secondary N) is 1. The summed E-state index contributed by atoms with van der Waals surface area (Å²) in [6, 6.07) is 10.5. The molecule has 1 aromatic carbocycles. The highest BCUT2D eigenvalue weighted by Crippen LogP contribution is 2.21. The Morgan fingerprint density at radius 1 is 1.17 bits per heavy atom. The molecule has 0 spiro atoms. The molecule has 1 unspecified atom stereocenters. The van der Waals surface area contributed by atoms with Crippen LogP contribution in [-0.2, 0) is 0 Å². The number of carbonyl (C=O) groups is 1. The number of urea groups is 1. The molecule has 1 saturated carbocycles. The van der Waals surface area contributed by atoms with Gasteiger partial charge in [-0.15, -0.1) is 0 Å². The van der Waals surface area contributed by atoms with E-state index in [-0.39, 0.29) is 18.6 Å². The minimum atomic E-state index is 0.0134. The molecular formula is C20H32N2O2. The first kappa shape index (κ1) is 18.8. The van der Waals surface area contributed by atoms with Crippen LogP contribution < -0.4 is 5.32 Å². The smallest absolute Gasteiger partial charge is 0.317 e. The number of benzene rings is 1. The molecule has 1 aliphatic carbocycles. The van der Waals surface area contributed by atoms with Gasteiger partial charge in [0.05, 0.1) is 0 Å². The number of hydrogen-bond acceptors (Lipinski definition) is 2. The summed E-state index contributed by atoms with van der Waals surface area (Å²) in [5.41, 5.74) is 1.17. The van der Waals surface area contributed by atoms with Crippen LogP contribution in [0.1, 0.15) is 62.8 Å². The van der Waals surface area contributed by atoms with Gasteiger partial charge in [0.2, 0.25) is 0 Å². The van der Waals surface area contributed by atoms with Gasteiger partial charge in [-0.1, -0.05) is 62.4 Å². The fourth-order valence-electron chi connectivity index (χ4n) is 3.59. The van der Waals surface area contributed by atoms with E-state index >= 15 is 0 Å². The Morgan fingerprint density at radius 3 is 2.42 bits per heavy atom. The average molecular weight is 332 g/mol. The Labute approximate surface area is 146 Å². The van der Waals surface area contributed by atoms with E-state index in [0.717, 1.165) is 12.8 Å². The number of hydrogen-bond donors (Lipinski definition) is 2. The molecule has 4 nitrogen and oxygen atoms in total. The van der Waals surface area contributed by atoms with E-state index in [9.17, 15) is 9.90 Å². The zero-order valence-electron chi connectivity index (χ0n) is 14.9. The van der Waals surface area contributed by atoms with Gasteiger partial charge in [-0.05, 0) is 24.8 Å². The first-order valence-electron chi connectivity index (χ1n) is 9.39.